The fourth-order valence-electron chi connectivity index (χ4n) is 3.73. The van der Waals surface area contributed by atoms with Crippen LogP contribution in [0.2, 0.25) is 0 Å². The standard InChI is InChI=1S/C21H22N6O2/c1-29-14-7-8-16-17(12-14)24-18(23-16)9-10-22-21(28)15-6-3-11-27-19(13-4-2-5-13)25-26-20(15)27/h3,6-8,11-13H,2,4-5,9-10H2,1H3,(H,22,28)(H,23,24). The number of benzene rings is 1. The van der Waals surface area contributed by atoms with Crippen molar-refractivity contribution in [3.8, 4) is 5.75 Å². The van der Waals surface area contributed by atoms with E-state index in [0.29, 0.717) is 30.1 Å². The number of H-pyrrole nitrogens is 1. The third kappa shape index (κ3) is 3.20. The van der Waals surface area contributed by atoms with Gasteiger partial charge < -0.3 is 15.0 Å². The summed E-state index contributed by atoms with van der Waals surface area (Å²) < 4.78 is 7.19. The zero-order chi connectivity index (χ0) is 19.8. The molecule has 4 aromatic rings. The number of nitrogens with one attached hydrogen (secondary N) is 2. The first-order chi connectivity index (χ1) is 14.2. The number of fused-ring (bicyclic) bond motifs is 2. The van der Waals surface area contributed by atoms with Gasteiger partial charge in [0.2, 0.25) is 0 Å². The van der Waals surface area contributed by atoms with E-state index in [0.717, 1.165) is 41.3 Å². The van der Waals surface area contributed by atoms with Crippen LogP contribution in [0.1, 0.15) is 47.2 Å². The van der Waals surface area contributed by atoms with Crippen molar-refractivity contribution in [1.29, 1.82) is 0 Å². The number of ether oxygens (including phenoxy) is 1. The highest BCUT2D eigenvalue weighted by atomic mass is 16.5. The molecule has 1 aromatic carbocycles. The zero-order valence-electron chi connectivity index (χ0n) is 16.2. The lowest BCUT2D eigenvalue weighted by Crippen LogP contribution is -2.26. The second kappa shape index (κ2) is 7.20. The fourth-order valence-corrected chi connectivity index (χ4v) is 3.73. The molecule has 0 bridgehead atoms. The summed E-state index contributed by atoms with van der Waals surface area (Å²) in [6, 6.07) is 9.37. The molecule has 2 N–H and O–H groups in total. The molecular weight excluding hydrogens is 368 g/mol. The van der Waals surface area contributed by atoms with Crippen LogP contribution in [0.15, 0.2) is 36.5 Å². The van der Waals surface area contributed by atoms with Gasteiger partial charge in [0.15, 0.2) is 5.65 Å². The van der Waals surface area contributed by atoms with E-state index in [-0.39, 0.29) is 5.91 Å². The summed E-state index contributed by atoms with van der Waals surface area (Å²) in [7, 11) is 1.64. The third-order valence-electron chi connectivity index (χ3n) is 5.56. The SMILES string of the molecule is COc1ccc2nc(CCNC(=O)c3cccn4c(C5CCC5)nnc34)[nH]c2c1. The molecule has 0 aliphatic heterocycles. The molecule has 1 aliphatic rings. The maximum absolute atomic E-state index is 12.7. The van der Waals surface area contributed by atoms with Crippen LogP contribution < -0.4 is 10.1 Å². The number of pyridine rings is 1. The molecule has 5 rings (SSSR count). The van der Waals surface area contributed by atoms with Crippen LogP contribution in [0.3, 0.4) is 0 Å². The van der Waals surface area contributed by atoms with Gasteiger partial charge in [-0.05, 0) is 37.1 Å². The molecule has 3 heterocycles. The van der Waals surface area contributed by atoms with E-state index in [2.05, 4.69) is 25.5 Å². The van der Waals surface area contributed by atoms with E-state index in [1.807, 2.05) is 34.9 Å². The summed E-state index contributed by atoms with van der Waals surface area (Å²) in [6.45, 7) is 0.473. The molecule has 8 nitrogen and oxygen atoms in total. The van der Waals surface area contributed by atoms with E-state index < -0.39 is 0 Å². The van der Waals surface area contributed by atoms with Gasteiger partial charge in [0, 0.05) is 31.1 Å². The Hall–Kier alpha value is -3.42. The predicted octanol–water partition coefficient (Wildman–Crippen LogP) is 2.85. The second-order valence-electron chi connectivity index (χ2n) is 7.37. The van der Waals surface area contributed by atoms with Gasteiger partial charge in [0.1, 0.15) is 17.4 Å². The number of methoxy groups -OCH3 is 1. The Morgan fingerprint density at radius 2 is 2.21 bits per heavy atom. The minimum atomic E-state index is -0.152. The number of hydrogen-bond donors (Lipinski definition) is 2. The third-order valence-corrected chi connectivity index (χ3v) is 5.56. The van der Waals surface area contributed by atoms with Crippen molar-refractivity contribution >= 4 is 22.6 Å². The van der Waals surface area contributed by atoms with Gasteiger partial charge in [-0.1, -0.05) is 6.42 Å². The van der Waals surface area contributed by atoms with Crippen LogP contribution in [0.4, 0.5) is 0 Å². The number of carbonyl (C=O) groups is 1. The number of rotatable bonds is 6. The second-order valence-corrected chi connectivity index (χ2v) is 7.37. The van der Waals surface area contributed by atoms with Crippen molar-refractivity contribution in [2.45, 2.75) is 31.6 Å². The summed E-state index contributed by atoms with van der Waals surface area (Å²) in [5, 5.41) is 11.6. The van der Waals surface area contributed by atoms with Crippen molar-refractivity contribution in [3.63, 3.8) is 0 Å². The van der Waals surface area contributed by atoms with Crippen LogP contribution in [0.25, 0.3) is 16.7 Å². The average molecular weight is 390 g/mol. The van der Waals surface area contributed by atoms with Gasteiger partial charge in [-0.25, -0.2) is 4.98 Å². The quantitative estimate of drug-likeness (QED) is 0.528. The first-order valence-electron chi connectivity index (χ1n) is 9.87. The Morgan fingerprint density at radius 3 is 3.00 bits per heavy atom. The Bertz CT molecular complexity index is 1190. The molecule has 0 unspecified atom stereocenters. The highest BCUT2D eigenvalue weighted by Gasteiger charge is 2.25. The number of nitrogens with zero attached hydrogens (tertiary/aromatic N) is 4. The highest BCUT2D eigenvalue weighted by Crippen LogP contribution is 2.35. The van der Waals surface area contributed by atoms with Crippen molar-refractivity contribution in [3.05, 3.63) is 53.7 Å². The average Bonchev–Trinajstić information content (AvgIpc) is 3.30. The lowest BCUT2D eigenvalue weighted by atomic mass is 9.85. The fraction of sp³-hybridized carbons (Fsp3) is 0.333. The maximum atomic E-state index is 12.7. The molecule has 1 fully saturated rings. The number of hydrogen-bond acceptors (Lipinski definition) is 5. The molecular formula is C21H22N6O2. The molecule has 8 heteroatoms. The molecule has 0 atom stereocenters. The van der Waals surface area contributed by atoms with E-state index in [9.17, 15) is 4.79 Å². The van der Waals surface area contributed by atoms with E-state index in [1.165, 1.54) is 6.42 Å². The summed E-state index contributed by atoms with van der Waals surface area (Å²) in [6.07, 6.45) is 6.05. The summed E-state index contributed by atoms with van der Waals surface area (Å²) >= 11 is 0. The smallest absolute Gasteiger partial charge is 0.255 e. The molecule has 148 valence electrons. The molecule has 1 amide bonds. The van der Waals surface area contributed by atoms with Crippen molar-refractivity contribution in [1.82, 2.24) is 29.9 Å². The molecule has 0 spiro atoms. The zero-order valence-corrected chi connectivity index (χ0v) is 16.2. The Kier molecular flexibility index (Phi) is 4.38. The number of aromatic nitrogens is 5. The van der Waals surface area contributed by atoms with Gasteiger partial charge >= 0.3 is 0 Å². The Labute approximate surface area is 167 Å². The van der Waals surface area contributed by atoms with Gasteiger partial charge in [-0.15, -0.1) is 10.2 Å². The molecule has 0 radical (unpaired) electrons. The number of aromatic amines is 1. The number of carbonyl (C=O) groups excluding carboxylic acids is 1. The van der Waals surface area contributed by atoms with Crippen molar-refractivity contribution < 1.29 is 9.53 Å². The Morgan fingerprint density at radius 1 is 1.31 bits per heavy atom. The first-order valence-corrected chi connectivity index (χ1v) is 9.87. The first kappa shape index (κ1) is 17.7. The van der Waals surface area contributed by atoms with Gasteiger partial charge in [0.05, 0.1) is 23.7 Å². The number of imidazole rings is 1. The van der Waals surface area contributed by atoms with Crippen LogP contribution in [-0.4, -0.2) is 44.1 Å². The monoisotopic (exact) mass is 390 g/mol. The highest BCUT2D eigenvalue weighted by molar-refractivity contribution is 5.99. The lowest BCUT2D eigenvalue weighted by Gasteiger charge is -2.23. The largest absolute Gasteiger partial charge is 0.497 e. The topological polar surface area (TPSA) is 97.2 Å². The van der Waals surface area contributed by atoms with Gasteiger partial charge in [0.25, 0.3) is 5.91 Å². The van der Waals surface area contributed by atoms with E-state index in [1.54, 1.807) is 13.2 Å². The minimum absolute atomic E-state index is 0.152. The summed E-state index contributed by atoms with van der Waals surface area (Å²) in [4.78, 5) is 20.6. The van der Waals surface area contributed by atoms with Crippen LogP contribution in [0.5, 0.6) is 5.75 Å². The maximum Gasteiger partial charge on any atom is 0.255 e. The van der Waals surface area contributed by atoms with E-state index >= 15 is 0 Å². The van der Waals surface area contributed by atoms with Gasteiger partial charge in [-0.3, -0.25) is 9.20 Å². The van der Waals surface area contributed by atoms with Crippen LogP contribution in [0, 0.1) is 0 Å². The van der Waals surface area contributed by atoms with Crippen molar-refractivity contribution in [2.24, 2.45) is 0 Å². The normalized spacial score (nSPS) is 14.2. The molecule has 1 saturated carbocycles. The lowest BCUT2D eigenvalue weighted by molar-refractivity contribution is 0.0955. The van der Waals surface area contributed by atoms with Crippen LogP contribution in [-0.2, 0) is 6.42 Å². The number of amides is 1. The summed E-state index contributed by atoms with van der Waals surface area (Å²) in [5.41, 5.74) is 2.95. The minimum Gasteiger partial charge on any atom is -0.497 e. The van der Waals surface area contributed by atoms with Crippen LogP contribution >= 0.6 is 0 Å². The summed E-state index contributed by atoms with van der Waals surface area (Å²) in [5.74, 6) is 2.86. The molecule has 0 saturated heterocycles. The predicted molar refractivity (Wildman–Crippen MR) is 108 cm³/mol. The van der Waals surface area contributed by atoms with Gasteiger partial charge in [-0.2, -0.15) is 0 Å². The van der Waals surface area contributed by atoms with E-state index in [4.69, 9.17) is 4.74 Å². The molecule has 1 aliphatic carbocycles. The van der Waals surface area contributed by atoms with Crippen molar-refractivity contribution in [2.75, 3.05) is 13.7 Å². The molecule has 3 aromatic heterocycles. The molecule has 29 heavy (non-hydrogen) atoms. The Balaban J connectivity index is 1.28.